The monoisotopic (exact) mass is 261 g/mol. The van der Waals surface area contributed by atoms with Gasteiger partial charge < -0.3 is 10.5 Å². The Morgan fingerprint density at radius 3 is 2.53 bits per heavy atom. The fraction of sp³-hybridized carbons (Fsp3) is 0.562. The summed E-state index contributed by atoms with van der Waals surface area (Å²) in [5, 5.41) is 0. The van der Waals surface area contributed by atoms with Crippen molar-refractivity contribution in [2.75, 3.05) is 13.7 Å². The van der Waals surface area contributed by atoms with Gasteiger partial charge in [-0.2, -0.15) is 0 Å². The molecule has 1 saturated carbocycles. The maximum absolute atomic E-state index is 12.5. The first-order valence-corrected chi connectivity index (χ1v) is 6.90. The van der Waals surface area contributed by atoms with Crippen LogP contribution in [-0.4, -0.2) is 19.4 Å². The average Bonchev–Trinajstić information content (AvgIpc) is 2.36. The fourth-order valence-electron chi connectivity index (χ4n) is 2.84. The molecule has 0 spiro atoms. The molecule has 0 bridgehead atoms. The summed E-state index contributed by atoms with van der Waals surface area (Å²) in [6.07, 6.45) is 3.88. The minimum absolute atomic E-state index is 0.0425. The molecule has 0 aliphatic heterocycles. The Labute approximate surface area is 115 Å². The lowest BCUT2D eigenvalue weighted by atomic mass is 9.65. The van der Waals surface area contributed by atoms with Crippen LogP contribution in [0.4, 0.5) is 0 Å². The van der Waals surface area contributed by atoms with Gasteiger partial charge in [-0.15, -0.1) is 0 Å². The molecule has 0 heterocycles. The highest BCUT2D eigenvalue weighted by Gasteiger charge is 2.38. The van der Waals surface area contributed by atoms with E-state index in [1.807, 2.05) is 26.0 Å². The molecule has 1 aromatic rings. The summed E-state index contributed by atoms with van der Waals surface area (Å²) >= 11 is 0. The van der Waals surface area contributed by atoms with Crippen LogP contribution in [0.2, 0.25) is 0 Å². The number of carbonyl (C=O) groups excluding carboxylic acids is 1. The number of ether oxygens (including phenoxy) is 1. The van der Waals surface area contributed by atoms with Gasteiger partial charge in [0, 0.05) is 6.42 Å². The largest absolute Gasteiger partial charge is 0.496 e. The molecule has 3 heteroatoms. The van der Waals surface area contributed by atoms with Crippen molar-refractivity contribution in [3.05, 3.63) is 28.8 Å². The highest BCUT2D eigenvalue weighted by molar-refractivity contribution is 5.99. The number of carbonyl (C=O) groups is 1. The molecule has 0 saturated heterocycles. The number of Topliss-reactive ketones (excluding diaryl/α,β-unsaturated/α-hetero) is 1. The van der Waals surface area contributed by atoms with Gasteiger partial charge in [0.2, 0.25) is 0 Å². The lowest BCUT2D eigenvalue weighted by Crippen LogP contribution is -2.39. The summed E-state index contributed by atoms with van der Waals surface area (Å²) in [6.45, 7) is 4.62. The first kappa shape index (κ1) is 14.1. The van der Waals surface area contributed by atoms with Crippen molar-refractivity contribution in [3.8, 4) is 5.75 Å². The zero-order valence-corrected chi connectivity index (χ0v) is 12.1. The van der Waals surface area contributed by atoms with E-state index in [-0.39, 0.29) is 11.2 Å². The van der Waals surface area contributed by atoms with Gasteiger partial charge in [-0.25, -0.2) is 0 Å². The molecule has 0 radical (unpaired) electrons. The molecule has 2 rings (SSSR count). The van der Waals surface area contributed by atoms with E-state index in [1.165, 1.54) is 6.42 Å². The molecule has 2 N–H and O–H groups in total. The molecular formula is C16H23NO2. The lowest BCUT2D eigenvalue weighted by Gasteiger charge is -2.40. The molecular weight excluding hydrogens is 238 g/mol. The van der Waals surface area contributed by atoms with E-state index in [9.17, 15) is 4.79 Å². The normalized spacial score (nSPS) is 16.8. The van der Waals surface area contributed by atoms with Crippen molar-refractivity contribution in [2.24, 2.45) is 11.1 Å². The second-order valence-corrected chi connectivity index (χ2v) is 5.75. The number of methoxy groups -OCH3 is 1. The summed E-state index contributed by atoms with van der Waals surface area (Å²) in [5.74, 6) is 0.876. The van der Waals surface area contributed by atoms with Crippen LogP contribution in [0, 0.1) is 19.3 Å². The van der Waals surface area contributed by atoms with E-state index in [0.29, 0.717) is 18.5 Å². The maximum Gasteiger partial charge on any atom is 0.167 e. The Morgan fingerprint density at radius 2 is 2.05 bits per heavy atom. The van der Waals surface area contributed by atoms with Crippen LogP contribution in [-0.2, 0) is 0 Å². The van der Waals surface area contributed by atoms with Crippen molar-refractivity contribution in [3.63, 3.8) is 0 Å². The Hall–Kier alpha value is -1.35. The number of rotatable bonds is 5. The van der Waals surface area contributed by atoms with Crippen molar-refractivity contribution < 1.29 is 9.53 Å². The second kappa shape index (κ2) is 5.33. The SMILES string of the molecule is COc1c(C(=O)CC2(CN)CCC2)ccc(C)c1C. The smallest absolute Gasteiger partial charge is 0.167 e. The summed E-state index contributed by atoms with van der Waals surface area (Å²) in [6, 6.07) is 3.87. The summed E-state index contributed by atoms with van der Waals surface area (Å²) in [4.78, 5) is 12.5. The highest BCUT2D eigenvalue weighted by atomic mass is 16.5. The van der Waals surface area contributed by atoms with Gasteiger partial charge in [0.05, 0.1) is 12.7 Å². The zero-order valence-electron chi connectivity index (χ0n) is 12.1. The second-order valence-electron chi connectivity index (χ2n) is 5.75. The topological polar surface area (TPSA) is 52.3 Å². The molecule has 0 atom stereocenters. The third-order valence-electron chi connectivity index (χ3n) is 4.56. The highest BCUT2D eigenvalue weighted by Crippen LogP contribution is 2.44. The van der Waals surface area contributed by atoms with E-state index in [2.05, 4.69) is 0 Å². The predicted molar refractivity (Wildman–Crippen MR) is 76.8 cm³/mol. The zero-order chi connectivity index (χ0) is 14.0. The quantitative estimate of drug-likeness (QED) is 0.829. The van der Waals surface area contributed by atoms with Crippen molar-refractivity contribution >= 4 is 5.78 Å². The van der Waals surface area contributed by atoms with E-state index in [4.69, 9.17) is 10.5 Å². The summed E-state index contributed by atoms with van der Waals surface area (Å²) in [5.41, 5.74) is 8.77. The first-order chi connectivity index (χ1) is 9.03. The molecule has 19 heavy (non-hydrogen) atoms. The number of ketones is 1. The summed E-state index contributed by atoms with van der Waals surface area (Å²) in [7, 11) is 1.63. The van der Waals surface area contributed by atoms with E-state index >= 15 is 0 Å². The summed E-state index contributed by atoms with van der Waals surface area (Å²) < 4.78 is 5.43. The number of hydrogen-bond acceptors (Lipinski definition) is 3. The predicted octanol–water partition coefficient (Wildman–Crippen LogP) is 3.01. The third kappa shape index (κ3) is 2.52. The number of aryl methyl sites for hydroxylation is 1. The van der Waals surface area contributed by atoms with Gasteiger partial charge in [-0.05, 0) is 55.8 Å². The van der Waals surface area contributed by atoms with Crippen LogP contribution in [0.3, 0.4) is 0 Å². The van der Waals surface area contributed by atoms with Gasteiger partial charge in [0.1, 0.15) is 5.75 Å². The minimum Gasteiger partial charge on any atom is -0.496 e. The van der Waals surface area contributed by atoms with Crippen molar-refractivity contribution in [1.82, 2.24) is 0 Å². The lowest BCUT2D eigenvalue weighted by molar-refractivity contribution is 0.0783. The molecule has 0 aromatic heterocycles. The van der Waals surface area contributed by atoms with Gasteiger partial charge in [0.25, 0.3) is 0 Å². The molecule has 104 valence electrons. The van der Waals surface area contributed by atoms with Crippen molar-refractivity contribution in [2.45, 2.75) is 39.5 Å². The van der Waals surface area contributed by atoms with E-state index in [1.54, 1.807) is 7.11 Å². The molecule has 1 aromatic carbocycles. The molecule has 0 unspecified atom stereocenters. The van der Waals surface area contributed by atoms with Crippen LogP contribution < -0.4 is 10.5 Å². The van der Waals surface area contributed by atoms with Crippen molar-refractivity contribution in [1.29, 1.82) is 0 Å². The Kier molecular flexibility index (Phi) is 3.95. The number of benzene rings is 1. The standard InChI is InChI=1S/C16H23NO2/c1-11-5-6-13(15(19-3)12(11)2)14(18)9-16(10-17)7-4-8-16/h5-6H,4,7-10,17H2,1-3H3. The number of nitrogens with two attached hydrogens (primary N) is 1. The van der Waals surface area contributed by atoms with Crippen LogP contribution in [0.15, 0.2) is 12.1 Å². The van der Waals surface area contributed by atoms with Gasteiger partial charge in [-0.3, -0.25) is 4.79 Å². The molecule has 1 aliphatic carbocycles. The maximum atomic E-state index is 12.5. The molecule has 1 fully saturated rings. The third-order valence-corrected chi connectivity index (χ3v) is 4.56. The number of hydrogen-bond donors (Lipinski definition) is 1. The Balaban J connectivity index is 2.26. The van der Waals surface area contributed by atoms with Crippen LogP contribution in [0.5, 0.6) is 5.75 Å². The average molecular weight is 261 g/mol. The Bertz CT molecular complexity index is 484. The minimum atomic E-state index is 0.0425. The molecule has 3 nitrogen and oxygen atoms in total. The van der Waals surface area contributed by atoms with Gasteiger partial charge >= 0.3 is 0 Å². The molecule has 0 amide bonds. The fourth-order valence-corrected chi connectivity index (χ4v) is 2.84. The Morgan fingerprint density at radius 1 is 1.37 bits per heavy atom. The van der Waals surface area contributed by atoms with Crippen LogP contribution in [0.1, 0.15) is 47.2 Å². The van der Waals surface area contributed by atoms with Gasteiger partial charge in [0.15, 0.2) is 5.78 Å². The first-order valence-electron chi connectivity index (χ1n) is 6.90. The molecule has 1 aliphatic rings. The van der Waals surface area contributed by atoms with Crippen LogP contribution >= 0.6 is 0 Å². The van der Waals surface area contributed by atoms with Gasteiger partial charge in [-0.1, -0.05) is 12.5 Å². The van der Waals surface area contributed by atoms with E-state index in [0.717, 1.165) is 29.7 Å². The van der Waals surface area contributed by atoms with E-state index < -0.39 is 0 Å². The van der Waals surface area contributed by atoms with Crippen LogP contribution in [0.25, 0.3) is 0 Å².